The van der Waals surface area contributed by atoms with Gasteiger partial charge in [-0.2, -0.15) is 9.41 Å². The summed E-state index contributed by atoms with van der Waals surface area (Å²) in [7, 11) is -1.14. The largest absolute Gasteiger partial charge is 0.493 e. The SMILES string of the molecule is COc1ccc(C2=NN(C3CCN(S(=O)(=O)c4cc(C(=O)O)cc(C(=O)O)c4)CC3)C(=O)C2(C)C)cc1OC. The van der Waals surface area contributed by atoms with Crippen molar-refractivity contribution in [2.45, 2.75) is 37.6 Å². The van der Waals surface area contributed by atoms with Crippen LogP contribution in [0.5, 0.6) is 11.5 Å². The standard InChI is InChI=1S/C26H29N3O9S/c1-26(2)22(15-5-6-20(37-3)21(14-15)38-4)27-29(25(26)34)18-7-9-28(10-8-18)39(35,36)19-12-16(23(30)31)11-17(13-19)24(32)33/h5-6,11-14,18H,7-10H2,1-4H3,(H,30,31)(H,32,33). The molecule has 1 amide bonds. The maximum absolute atomic E-state index is 13.4. The number of carbonyl (C=O) groups is 3. The van der Waals surface area contributed by atoms with Gasteiger partial charge in [0.2, 0.25) is 10.0 Å². The number of carbonyl (C=O) groups excluding carboxylic acids is 1. The van der Waals surface area contributed by atoms with E-state index in [1.807, 2.05) is 0 Å². The van der Waals surface area contributed by atoms with Crippen molar-refractivity contribution in [3.63, 3.8) is 0 Å². The minimum Gasteiger partial charge on any atom is -0.493 e. The molecule has 208 valence electrons. The Kier molecular flexibility index (Phi) is 7.41. The van der Waals surface area contributed by atoms with E-state index in [0.29, 0.717) is 22.8 Å². The van der Waals surface area contributed by atoms with Crippen molar-refractivity contribution >= 4 is 33.6 Å². The van der Waals surface area contributed by atoms with Crippen LogP contribution in [0.4, 0.5) is 0 Å². The van der Waals surface area contributed by atoms with Crippen molar-refractivity contribution in [3.8, 4) is 11.5 Å². The third kappa shape index (κ3) is 5.06. The smallest absolute Gasteiger partial charge is 0.335 e. The van der Waals surface area contributed by atoms with Gasteiger partial charge in [0.25, 0.3) is 5.91 Å². The van der Waals surface area contributed by atoms with E-state index in [-0.39, 0.29) is 37.9 Å². The van der Waals surface area contributed by atoms with Crippen molar-refractivity contribution < 1.29 is 42.5 Å². The number of aromatic carboxylic acids is 2. The summed E-state index contributed by atoms with van der Waals surface area (Å²) in [6, 6.07) is 7.72. The van der Waals surface area contributed by atoms with Crippen molar-refractivity contribution in [3.05, 3.63) is 53.1 Å². The Hall–Kier alpha value is -3.97. The number of amides is 1. The lowest BCUT2D eigenvalue weighted by Gasteiger charge is -2.35. The third-order valence-corrected chi connectivity index (χ3v) is 8.88. The lowest BCUT2D eigenvalue weighted by atomic mass is 9.83. The molecular weight excluding hydrogens is 530 g/mol. The Bertz CT molecular complexity index is 1440. The lowest BCUT2D eigenvalue weighted by Crippen LogP contribution is -2.47. The van der Waals surface area contributed by atoms with Crippen LogP contribution in [-0.2, 0) is 14.8 Å². The molecule has 0 aliphatic carbocycles. The number of benzene rings is 2. The Labute approximate surface area is 225 Å². The van der Waals surface area contributed by atoms with Crippen LogP contribution < -0.4 is 9.47 Å². The first-order valence-corrected chi connectivity index (χ1v) is 13.5. The van der Waals surface area contributed by atoms with Crippen LogP contribution in [-0.4, -0.2) is 84.9 Å². The monoisotopic (exact) mass is 559 g/mol. The van der Waals surface area contributed by atoms with Crippen molar-refractivity contribution in [1.82, 2.24) is 9.31 Å². The molecule has 2 heterocycles. The maximum Gasteiger partial charge on any atom is 0.335 e. The number of hydrazone groups is 1. The molecule has 2 aliphatic heterocycles. The minimum absolute atomic E-state index is 0.0398. The molecule has 0 spiro atoms. The summed E-state index contributed by atoms with van der Waals surface area (Å²) in [6.45, 7) is 3.64. The van der Waals surface area contributed by atoms with Gasteiger partial charge in [-0.25, -0.2) is 23.0 Å². The van der Waals surface area contributed by atoms with E-state index < -0.39 is 43.4 Å². The van der Waals surface area contributed by atoms with Gasteiger partial charge in [-0.05, 0) is 63.1 Å². The van der Waals surface area contributed by atoms with E-state index in [4.69, 9.17) is 9.47 Å². The van der Waals surface area contributed by atoms with Crippen LogP contribution in [0.2, 0.25) is 0 Å². The molecule has 12 nitrogen and oxygen atoms in total. The number of sulfonamides is 1. The van der Waals surface area contributed by atoms with Crippen molar-refractivity contribution in [1.29, 1.82) is 0 Å². The molecule has 2 aromatic carbocycles. The van der Waals surface area contributed by atoms with Gasteiger partial charge in [0.15, 0.2) is 11.5 Å². The van der Waals surface area contributed by atoms with E-state index in [9.17, 15) is 33.0 Å². The van der Waals surface area contributed by atoms with Crippen LogP contribution in [0, 0.1) is 5.41 Å². The van der Waals surface area contributed by atoms with Gasteiger partial charge in [0.1, 0.15) is 0 Å². The lowest BCUT2D eigenvalue weighted by molar-refractivity contribution is -0.137. The summed E-state index contributed by atoms with van der Waals surface area (Å²) in [5.41, 5.74) is -0.570. The van der Waals surface area contributed by atoms with Gasteiger partial charge < -0.3 is 19.7 Å². The first kappa shape index (κ1) is 28.0. The van der Waals surface area contributed by atoms with Gasteiger partial charge in [0.05, 0.1) is 47.4 Å². The van der Waals surface area contributed by atoms with Crippen molar-refractivity contribution in [2.24, 2.45) is 10.5 Å². The quantitative estimate of drug-likeness (QED) is 0.495. The minimum atomic E-state index is -4.18. The molecule has 0 aromatic heterocycles. The molecule has 4 rings (SSSR count). The van der Waals surface area contributed by atoms with Crippen LogP contribution in [0.1, 0.15) is 53.0 Å². The predicted octanol–water partition coefficient (Wildman–Crippen LogP) is 2.53. The molecule has 2 aliphatic rings. The molecule has 0 atom stereocenters. The molecule has 2 N–H and O–H groups in total. The topological polar surface area (TPSA) is 163 Å². The molecule has 0 saturated carbocycles. The predicted molar refractivity (Wildman–Crippen MR) is 139 cm³/mol. The summed E-state index contributed by atoms with van der Waals surface area (Å²) in [5, 5.41) is 24.7. The highest BCUT2D eigenvalue weighted by Crippen LogP contribution is 2.38. The van der Waals surface area contributed by atoms with E-state index in [2.05, 4.69) is 5.10 Å². The highest BCUT2D eigenvalue weighted by molar-refractivity contribution is 7.89. The second kappa shape index (κ2) is 10.3. The van der Waals surface area contributed by atoms with E-state index >= 15 is 0 Å². The second-order valence-corrected chi connectivity index (χ2v) is 11.7. The van der Waals surface area contributed by atoms with Crippen LogP contribution in [0.25, 0.3) is 0 Å². The zero-order valence-electron chi connectivity index (χ0n) is 21.9. The molecule has 13 heteroatoms. The van der Waals surface area contributed by atoms with Crippen molar-refractivity contribution in [2.75, 3.05) is 27.3 Å². The van der Waals surface area contributed by atoms with Gasteiger partial charge in [-0.3, -0.25) is 4.79 Å². The van der Waals surface area contributed by atoms with Crippen LogP contribution in [0.3, 0.4) is 0 Å². The third-order valence-electron chi connectivity index (χ3n) is 7.01. The van der Waals surface area contributed by atoms with E-state index in [1.54, 1.807) is 32.0 Å². The number of methoxy groups -OCH3 is 2. The molecule has 0 bridgehead atoms. The highest BCUT2D eigenvalue weighted by atomic mass is 32.2. The zero-order chi connectivity index (χ0) is 28.7. The van der Waals surface area contributed by atoms with E-state index in [1.165, 1.54) is 23.5 Å². The van der Waals surface area contributed by atoms with E-state index in [0.717, 1.165) is 18.2 Å². The molecule has 0 unspecified atom stereocenters. The first-order chi connectivity index (χ1) is 18.3. The van der Waals surface area contributed by atoms with Gasteiger partial charge in [-0.15, -0.1) is 0 Å². The molecule has 0 radical (unpaired) electrons. The maximum atomic E-state index is 13.4. The summed E-state index contributed by atoms with van der Waals surface area (Å²) < 4.78 is 38.4. The second-order valence-electron chi connectivity index (χ2n) is 9.78. The fourth-order valence-corrected chi connectivity index (χ4v) is 6.33. The van der Waals surface area contributed by atoms with Gasteiger partial charge >= 0.3 is 11.9 Å². The molecular formula is C26H29N3O9S. The Morgan fingerprint density at radius 2 is 1.51 bits per heavy atom. The number of carboxylic acids is 2. The number of carboxylic acid groups (broad SMARTS) is 2. The molecule has 1 saturated heterocycles. The average Bonchev–Trinajstić information content (AvgIpc) is 3.16. The highest BCUT2D eigenvalue weighted by Gasteiger charge is 2.47. The molecule has 39 heavy (non-hydrogen) atoms. The summed E-state index contributed by atoms with van der Waals surface area (Å²) in [5.74, 6) is -2.05. The fourth-order valence-electron chi connectivity index (χ4n) is 4.79. The first-order valence-electron chi connectivity index (χ1n) is 12.1. The summed E-state index contributed by atoms with van der Waals surface area (Å²) >= 11 is 0. The summed E-state index contributed by atoms with van der Waals surface area (Å²) in [4.78, 5) is 35.9. The number of piperidine rings is 1. The number of nitrogens with zero attached hydrogens (tertiary/aromatic N) is 3. The summed E-state index contributed by atoms with van der Waals surface area (Å²) in [6.07, 6.45) is 0.572. The Morgan fingerprint density at radius 1 is 0.949 bits per heavy atom. The van der Waals surface area contributed by atoms with Gasteiger partial charge in [0, 0.05) is 18.7 Å². The average molecular weight is 560 g/mol. The Balaban J connectivity index is 1.56. The number of hydrogen-bond donors (Lipinski definition) is 2. The molecule has 1 fully saturated rings. The number of rotatable bonds is 8. The number of hydrogen-bond acceptors (Lipinski definition) is 8. The van der Waals surface area contributed by atoms with Crippen LogP contribution in [0.15, 0.2) is 46.4 Å². The molecule has 2 aromatic rings. The normalized spacial score (nSPS) is 18.1. The zero-order valence-corrected chi connectivity index (χ0v) is 22.7. The van der Waals surface area contributed by atoms with Crippen LogP contribution >= 0.6 is 0 Å². The Morgan fingerprint density at radius 3 is 2.03 bits per heavy atom. The van der Waals surface area contributed by atoms with Gasteiger partial charge in [-0.1, -0.05) is 0 Å². The fraction of sp³-hybridized carbons (Fsp3) is 0.385. The number of ether oxygens (including phenoxy) is 2.